The number of urea groups is 1. The molecule has 1 heterocycles. The van der Waals surface area contributed by atoms with Gasteiger partial charge in [0.2, 0.25) is 0 Å². The fourth-order valence-corrected chi connectivity index (χ4v) is 3.01. The van der Waals surface area contributed by atoms with Crippen molar-refractivity contribution in [2.75, 3.05) is 30.9 Å². The molecule has 0 bridgehead atoms. The molecule has 7 heteroatoms. The first-order valence-corrected chi connectivity index (χ1v) is 8.84. The van der Waals surface area contributed by atoms with Gasteiger partial charge in [-0.25, -0.2) is 9.59 Å². The number of benzene rings is 2. The van der Waals surface area contributed by atoms with Crippen LogP contribution in [0.4, 0.5) is 21.0 Å². The Morgan fingerprint density at radius 3 is 2.44 bits per heavy atom. The highest BCUT2D eigenvalue weighted by molar-refractivity contribution is 5.99. The zero-order valence-electron chi connectivity index (χ0n) is 15.5. The summed E-state index contributed by atoms with van der Waals surface area (Å²) in [5.74, 6) is 0.758. The summed E-state index contributed by atoms with van der Waals surface area (Å²) in [6.07, 6.45) is 0.426. The fourth-order valence-electron chi connectivity index (χ4n) is 3.01. The molecule has 0 aromatic heterocycles. The van der Waals surface area contributed by atoms with Crippen LogP contribution in [0.3, 0.4) is 0 Å². The highest BCUT2D eigenvalue weighted by atomic mass is 16.5. The highest BCUT2D eigenvalue weighted by Crippen LogP contribution is 2.23. The van der Waals surface area contributed by atoms with Gasteiger partial charge in [-0.2, -0.15) is 0 Å². The van der Waals surface area contributed by atoms with E-state index >= 15 is 0 Å². The molecule has 0 atom stereocenters. The quantitative estimate of drug-likeness (QED) is 0.858. The minimum absolute atomic E-state index is 0.334. The normalized spacial score (nSPS) is 12.7. The van der Waals surface area contributed by atoms with Crippen molar-refractivity contribution in [3.05, 3.63) is 53.6 Å². The van der Waals surface area contributed by atoms with Crippen LogP contribution in [0.15, 0.2) is 42.5 Å². The molecule has 7 nitrogen and oxygen atoms in total. The maximum absolute atomic E-state index is 12.2. The second-order valence-corrected chi connectivity index (χ2v) is 6.16. The molecule has 3 amide bonds. The number of ether oxygens (including phenoxy) is 2. The van der Waals surface area contributed by atoms with Gasteiger partial charge < -0.3 is 25.0 Å². The Morgan fingerprint density at radius 2 is 1.74 bits per heavy atom. The lowest BCUT2D eigenvalue weighted by Crippen LogP contribution is -2.35. The Hall–Kier alpha value is -3.22. The van der Waals surface area contributed by atoms with Crippen molar-refractivity contribution < 1.29 is 19.1 Å². The van der Waals surface area contributed by atoms with E-state index in [0.717, 1.165) is 17.7 Å². The topological polar surface area (TPSA) is 79.9 Å². The molecule has 0 spiro atoms. The Morgan fingerprint density at radius 1 is 1.04 bits per heavy atom. The number of hydrogen-bond donors (Lipinski definition) is 2. The van der Waals surface area contributed by atoms with Crippen LogP contribution in [0, 0.1) is 0 Å². The maximum atomic E-state index is 12.2. The lowest BCUT2D eigenvalue weighted by molar-refractivity contribution is 0.118. The van der Waals surface area contributed by atoms with E-state index < -0.39 is 0 Å². The third-order valence-electron chi connectivity index (χ3n) is 4.33. The smallest absolute Gasteiger partial charge is 0.409 e. The van der Waals surface area contributed by atoms with E-state index in [1.807, 2.05) is 25.1 Å². The van der Waals surface area contributed by atoms with Gasteiger partial charge in [0, 0.05) is 24.5 Å². The predicted molar refractivity (Wildman–Crippen MR) is 103 cm³/mol. The Kier molecular flexibility index (Phi) is 5.80. The second-order valence-electron chi connectivity index (χ2n) is 6.16. The number of methoxy groups -OCH3 is 1. The lowest BCUT2D eigenvalue weighted by Gasteiger charge is -2.28. The molecule has 0 unspecified atom stereocenters. The van der Waals surface area contributed by atoms with E-state index in [-0.39, 0.29) is 12.1 Å². The summed E-state index contributed by atoms with van der Waals surface area (Å²) in [6.45, 7) is 3.62. The first-order chi connectivity index (χ1) is 13.1. The zero-order valence-corrected chi connectivity index (χ0v) is 15.5. The van der Waals surface area contributed by atoms with Crippen molar-refractivity contribution in [1.29, 1.82) is 0 Å². The molecule has 0 aliphatic carbocycles. The van der Waals surface area contributed by atoms with Crippen molar-refractivity contribution in [2.45, 2.75) is 19.9 Å². The Balaban J connectivity index is 1.62. The average molecular weight is 369 g/mol. The molecule has 0 fully saturated rings. The van der Waals surface area contributed by atoms with Gasteiger partial charge >= 0.3 is 12.1 Å². The SMILES string of the molecule is CCOc1ccc(NC(=O)Nc2ccc3c(c2)CN(C(=O)OC)CC3)cc1. The summed E-state index contributed by atoms with van der Waals surface area (Å²) in [6, 6.07) is 12.6. The number of fused-ring (bicyclic) bond motifs is 1. The van der Waals surface area contributed by atoms with Gasteiger partial charge in [0.1, 0.15) is 5.75 Å². The number of nitrogens with zero attached hydrogens (tertiary/aromatic N) is 1. The molecule has 0 saturated carbocycles. The molecule has 142 valence electrons. The maximum Gasteiger partial charge on any atom is 0.409 e. The second kappa shape index (κ2) is 8.44. The number of carbonyl (C=O) groups excluding carboxylic acids is 2. The van der Waals surface area contributed by atoms with Gasteiger partial charge in [0.05, 0.1) is 13.7 Å². The molecule has 2 N–H and O–H groups in total. The van der Waals surface area contributed by atoms with Crippen molar-refractivity contribution in [3.63, 3.8) is 0 Å². The summed E-state index contributed by atoms with van der Waals surface area (Å²) in [5.41, 5.74) is 3.52. The third-order valence-corrected chi connectivity index (χ3v) is 4.33. The minimum Gasteiger partial charge on any atom is -0.494 e. The van der Waals surface area contributed by atoms with Crippen LogP contribution < -0.4 is 15.4 Å². The Bertz CT molecular complexity index is 820. The van der Waals surface area contributed by atoms with Crippen molar-refractivity contribution >= 4 is 23.5 Å². The largest absolute Gasteiger partial charge is 0.494 e. The van der Waals surface area contributed by atoms with E-state index in [2.05, 4.69) is 10.6 Å². The van der Waals surface area contributed by atoms with E-state index in [0.29, 0.717) is 31.1 Å². The standard InChI is InChI=1S/C20H23N3O4/c1-3-27-18-8-6-16(7-9-18)21-19(24)22-17-5-4-14-10-11-23(20(25)26-2)13-15(14)12-17/h4-9,12H,3,10-11,13H2,1-2H3,(H2,21,22,24). The van der Waals surface area contributed by atoms with Gasteiger partial charge in [-0.05, 0) is 60.9 Å². The first kappa shape index (κ1) is 18.6. The number of nitrogens with one attached hydrogen (secondary N) is 2. The average Bonchev–Trinajstić information content (AvgIpc) is 2.68. The molecule has 1 aliphatic heterocycles. The monoisotopic (exact) mass is 369 g/mol. The minimum atomic E-state index is -0.341. The van der Waals surface area contributed by atoms with Gasteiger partial charge in [-0.15, -0.1) is 0 Å². The molecular formula is C20H23N3O4. The highest BCUT2D eigenvalue weighted by Gasteiger charge is 2.21. The molecule has 1 aliphatic rings. The van der Waals surface area contributed by atoms with Crippen LogP contribution in [-0.4, -0.2) is 37.3 Å². The Labute approximate surface area is 158 Å². The lowest BCUT2D eigenvalue weighted by atomic mass is 9.99. The molecule has 2 aromatic carbocycles. The van der Waals surface area contributed by atoms with Crippen LogP contribution in [0.1, 0.15) is 18.1 Å². The first-order valence-electron chi connectivity index (χ1n) is 8.84. The number of rotatable bonds is 4. The molecular weight excluding hydrogens is 346 g/mol. The van der Waals surface area contributed by atoms with Crippen molar-refractivity contribution in [3.8, 4) is 5.75 Å². The zero-order chi connectivity index (χ0) is 19.2. The molecule has 0 radical (unpaired) electrons. The summed E-state index contributed by atoms with van der Waals surface area (Å²) in [5, 5.41) is 5.61. The number of anilines is 2. The van der Waals surface area contributed by atoms with Crippen molar-refractivity contribution in [1.82, 2.24) is 4.90 Å². The summed E-state index contributed by atoms with van der Waals surface area (Å²) in [4.78, 5) is 25.6. The van der Waals surface area contributed by atoms with E-state index in [9.17, 15) is 9.59 Å². The van der Waals surface area contributed by atoms with Gasteiger partial charge in [0.15, 0.2) is 0 Å². The molecule has 2 aromatic rings. The predicted octanol–water partition coefficient (Wildman–Crippen LogP) is 3.85. The molecule has 27 heavy (non-hydrogen) atoms. The van der Waals surface area contributed by atoms with Gasteiger partial charge in [0.25, 0.3) is 0 Å². The van der Waals surface area contributed by atoms with Crippen LogP contribution >= 0.6 is 0 Å². The van der Waals surface area contributed by atoms with E-state index in [1.54, 1.807) is 29.2 Å². The number of hydrogen-bond acceptors (Lipinski definition) is 4. The van der Waals surface area contributed by atoms with Gasteiger partial charge in [-0.1, -0.05) is 6.07 Å². The summed E-state index contributed by atoms with van der Waals surface area (Å²) < 4.78 is 10.2. The van der Waals surface area contributed by atoms with Gasteiger partial charge in [-0.3, -0.25) is 0 Å². The van der Waals surface area contributed by atoms with E-state index in [4.69, 9.17) is 9.47 Å². The number of amides is 3. The van der Waals surface area contributed by atoms with Crippen LogP contribution in [0.25, 0.3) is 0 Å². The summed E-state index contributed by atoms with van der Waals surface area (Å²) >= 11 is 0. The molecule has 0 saturated heterocycles. The van der Waals surface area contributed by atoms with Crippen LogP contribution in [0.5, 0.6) is 5.75 Å². The summed E-state index contributed by atoms with van der Waals surface area (Å²) in [7, 11) is 1.38. The van der Waals surface area contributed by atoms with Crippen molar-refractivity contribution in [2.24, 2.45) is 0 Å². The fraction of sp³-hybridized carbons (Fsp3) is 0.300. The molecule has 3 rings (SSSR count). The third kappa shape index (κ3) is 4.69. The van der Waals surface area contributed by atoms with E-state index in [1.165, 1.54) is 12.7 Å². The van der Waals surface area contributed by atoms with Crippen LogP contribution in [-0.2, 0) is 17.7 Å². The van der Waals surface area contributed by atoms with Crippen LogP contribution in [0.2, 0.25) is 0 Å². The number of carbonyl (C=O) groups is 2.